The van der Waals surface area contributed by atoms with Crippen LogP contribution in [0.15, 0.2) is 24.3 Å². The van der Waals surface area contributed by atoms with Gasteiger partial charge < -0.3 is 20.3 Å². The first-order valence-corrected chi connectivity index (χ1v) is 8.50. The molecule has 0 aliphatic carbocycles. The predicted molar refractivity (Wildman–Crippen MR) is 101 cm³/mol. The fraction of sp³-hybridized carbons (Fsp3) is 0.412. The molecule has 1 aromatic rings. The largest absolute Gasteiger partial charge is 0.497 e. The molecule has 1 aliphatic rings. The number of rotatable bonds is 7. The number of hydrogen-bond acceptors (Lipinski definition) is 5. The van der Waals surface area contributed by atoms with Gasteiger partial charge in [-0.05, 0) is 36.5 Å². The molecule has 0 saturated carbocycles. The molecule has 0 radical (unpaired) electrons. The molecule has 26 heavy (non-hydrogen) atoms. The number of amides is 3. The van der Waals surface area contributed by atoms with Gasteiger partial charge in [0.2, 0.25) is 11.8 Å². The van der Waals surface area contributed by atoms with Crippen LogP contribution < -0.4 is 15.4 Å². The Morgan fingerprint density at radius 1 is 1.27 bits per heavy atom. The van der Waals surface area contributed by atoms with E-state index in [4.69, 9.17) is 17.0 Å². The van der Waals surface area contributed by atoms with Crippen LogP contribution in [0.2, 0.25) is 0 Å². The maximum absolute atomic E-state index is 12.4. The molecule has 2 rings (SSSR count). The Hall–Kier alpha value is -2.68. The van der Waals surface area contributed by atoms with Crippen LogP contribution in [0.5, 0.6) is 5.75 Å². The Balaban J connectivity index is 2.00. The SMILES string of the molecule is COc1ccc(NC(=O)C[C@H]2C(=O)N(C)C(=S)N2CCNC(C)=O)cc1. The van der Waals surface area contributed by atoms with Gasteiger partial charge >= 0.3 is 0 Å². The maximum Gasteiger partial charge on any atom is 0.251 e. The average molecular weight is 378 g/mol. The van der Waals surface area contributed by atoms with Crippen molar-refractivity contribution in [2.24, 2.45) is 0 Å². The molecular formula is C17H22N4O4S. The van der Waals surface area contributed by atoms with Gasteiger partial charge in [0.1, 0.15) is 11.8 Å². The maximum atomic E-state index is 12.4. The Bertz CT molecular complexity index is 707. The van der Waals surface area contributed by atoms with E-state index in [2.05, 4.69) is 10.6 Å². The minimum atomic E-state index is -0.681. The summed E-state index contributed by atoms with van der Waals surface area (Å²) in [7, 11) is 3.14. The normalized spacial score (nSPS) is 16.7. The van der Waals surface area contributed by atoms with Gasteiger partial charge in [-0.15, -0.1) is 0 Å². The van der Waals surface area contributed by atoms with E-state index in [-0.39, 0.29) is 24.1 Å². The number of carbonyl (C=O) groups is 3. The summed E-state index contributed by atoms with van der Waals surface area (Å²) in [5.41, 5.74) is 0.613. The summed E-state index contributed by atoms with van der Waals surface area (Å²) in [4.78, 5) is 38.8. The summed E-state index contributed by atoms with van der Waals surface area (Å²) in [5.74, 6) is -0.00691. The first kappa shape index (κ1) is 19.6. The van der Waals surface area contributed by atoms with E-state index in [9.17, 15) is 14.4 Å². The molecule has 0 bridgehead atoms. The zero-order valence-corrected chi connectivity index (χ0v) is 15.8. The van der Waals surface area contributed by atoms with Gasteiger partial charge in [0.05, 0.1) is 13.5 Å². The van der Waals surface area contributed by atoms with Crippen LogP contribution in [0.25, 0.3) is 0 Å². The molecule has 1 saturated heterocycles. The number of methoxy groups -OCH3 is 1. The molecule has 0 unspecified atom stereocenters. The number of likely N-dealkylation sites (N-methyl/N-ethyl adjacent to an activating group) is 1. The summed E-state index contributed by atoms with van der Waals surface area (Å²) in [5, 5.41) is 5.77. The van der Waals surface area contributed by atoms with E-state index >= 15 is 0 Å². The summed E-state index contributed by atoms with van der Waals surface area (Å²) >= 11 is 5.28. The molecule has 3 amide bonds. The van der Waals surface area contributed by atoms with Gasteiger partial charge in [0.15, 0.2) is 5.11 Å². The van der Waals surface area contributed by atoms with Gasteiger partial charge in [-0.3, -0.25) is 19.3 Å². The molecule has 140 valence electrons. The van der Waals surface area contributed by atoms with Crippen molar-refractivity contribution in [3.05, 3.63) is 24.3 Å². The smallest absolute Gasteiger partial charge is 0.251 e. The lowest BCUT2D eigenvalue weighted by atomic mass is 10.1. The van der Waals surface area contributed by atoms with Crippen LogP contribution >= 0.6 is 12.2 Å². The van der Waals surface area contributed by atoms with Crippen molar-refractivity contribution in [1.82, 2.24) is 15.1 Å². The van der Waals surface area contributed by atoms with Gasteiger partial charge in [0.25, 0.3) is 5.91 Å². The number of benzene rings is 1. The highest BCUT2D eigenvalue weighted by Gasteiger charge is 2.41. The van der Waals surface area contributed by atoms with Crippen molar-refractivity contribution in [1.29, 1.82) is 0 Å². The molecule has 9 heteroatoms. The van der Waals surface area contributed by atoms with Gasteiger partial charge in [0, 0.05) is 32.7 Å². The van der Waals surface area contributed by atoms with Crippen LogP contribution in [-0.4, -0.2) is 65.9 Å². The van der Waals surface area contributed by atoms with E-state index in [0.29, 0.717) is 29.6 Å². The fourth-order valence-corrected chi connectivity index (χ4v) is 2.95. The molecule has 0 spiro atoms. The summed E-state index contributed by atoms with van der Waals surface area (Å²) < 4.78 is 5.07. The summed E-state index contributed by atoms with van der Waals surface area (Å²) in [6, 6.07) is 6.23. The second kappa shape index (κ2) is 8.61. The summed E-state index contributed by atoms with van der Waals surface area (Å²) in [6.45, 7) is 2.11. The zero-order chi connectivity index (χ0) is 19.3. The molecule has 1 atom stereocenters. The second-order valence-electron chi connectivity index (χ2n) is 5.85. The van der Waals surface area contributed by atoms with Crippen molar-refractivity contribution < 1.29 is 19.1 Å². The topological polar surface area (TPSA) is 91.0 Å². The van der Waals surface area contributed by atoms with E-state index in [0.717, 1.165) is 0 Å². The molecular weight excluding hydrogens is 356 g/mol. The molecule has 0 aromatic heterocycles. The van der Waals surface area contributed by atoms with E-state index in [1.807, 2.05) is 0 Å². The van der Waals surface area contributed by atoms with Crippen molar-refractivity contribution in [2.75, 3.05) is 32.6 Å². The van der Waals surface area contributed by atoms with E-state index < -0.39 is 6.04 Å². The minimum Gasteiger partial charge on any atom is -0.497 e. The first-order chi connectivity index (χ1) is 12.3. The lowest BCUT2D eigenvalue weighted by molar-refractivity contribution is -0.130. The highest BCUT2D eigenvalue weighted by Crippen LogP contribution is 2.20. The first-order valence-electron chi connectivity index (χ1n) is 8.10. The second-order valence-corrected chi connectivity index (χ2v) is 6.22. The molecule has 1 aliphatic heterocycles. The molecule has 2 N–H and O–H groups in total. The molecule has 8 nitrogen and oxygen atoms in total. The van der Waals surface area contributed by atoms with Crippen LogP contribution in [0.1, 0.15) is 13.3 Å². The highest BCUT2D eigenvalue weighted by molar-refractivity contribution is 7.80. The third-order valence-corrected chi connectivity index (χ3v) is 4.51. The van der Waals surface area contributed by atoms with Crippen molar-refractivity contribution >= 4 is 40.7 Å². The quantitative estimate of drug-likeness (QED) is 0.675. The Morgan fingerprint density at radius 3 is 2.50 bits per heavy atom. The number of hydrogen-bond donors (Lipinski definition) is 2. The molecule has 1 fully saturated rings. The van der Waals surface area contributed by atoms with Crippen molar-refractivity contribution in [3.8, 4) is 5.75 Å². The van der Waals surface area contributed by atoms with Crippen LogP contribution in [0.4, 0.5) is 5.69 Å². The Labute approximate surface area is 157 Å². The summed E-state index contributed by atoms with van der Waals surface area (Å²) in [6.07, 6.45) is -0.0323. The van der Waals surface area contributed by atoms with Gasteiger partial charge in [-0.1, -0.05) is 0 Å². The minimum absolute atomic E-state index is 0.0323. The third-order valence-electron chi connectivity index (χ3n) is 4.00. The number of ether oxygens (including phenoxy) is 1. The van der Waals surface area contributed by atoms with Crippen molar-refractivity contribution in [2.45, 2.75) is 19.4 Å². The zero-order valence-electron chi connectivity index (χ0n) is 14.9. The third kappa shape index (κ3) is 4.69. The highest BCUT2D eigenvalue weighted by atomic mass is 32.1. The average Bonchev–Trinajstić information content (AvgIpc) is 2.80. The standard InChI is InChI=1S/C17H22N4O4S/c1-11(22)18-8-9-21-14(16(24)20(2)17(21)26)10-15(23)19-12-4-6-13(25-3)7-5-12/h4-7,14H,8-10H2,1-3H3,(H,18,22)(H,19,23)/t14-/m0/s1. The monoisotopic (exact) mass is 378 g/mol. The number of anilines is 1. The van der Waals surface area contributed by atoms with E-state index in [1.165, 1.54) is 11.8 Å². The molecule has 1 heterocycles. The van der Waals surface area contributed by atoms with E-state index in [1.54, 1.807) is 43.3 Å². The Morgan fingerprint density at radius 2 is 1.92 bits per heavy atom. The lowest BCUT2D eigenvalue weighted by Crippen LogP contribution is -2.42. The number of carbonyl (C=O) groups excluding carboxylic acids is 3. The van der Waals surface area contributed by atoms with Crippen LogP contribution in [-0.2, 0) is 14.4 Å². The molecule has 1 aromatic carbocycles. The van der Waals surface area contributed by atoms with Crippen LogP contribution in [0.3, 0.4) is 0 Å². The fourth-order valence-electron chi connectivity index (χ4n) is 2.64. The lowest BCUT2D eigenvalue weighted by Gasteiger charge is -2.23. The van der Waals surface area contributed by atoms with Gasteiger partial charge in [-0.25, -0.2) is 0 Å². The number of nitrogens with one attached hydrogen (secondary N) is 2. The van der Waals surface area contributed by atoms with Gasteiger partial charge in [-0.2, -0.15) is 0 Å². The Kier molecular flexibility index (Phi) is 6.51. The van der Waals surface area contributed by atoms with Crippen LogP contribution in [0, 0.1) is 0 Å². The number of thiocarbonyl (C=S) groups is 1. The number of nitrogens with zero attached hydrogens (tertiary/aromatic N) is 2. The van der Waals surface area contributed by atoms with Crippen molar-refractivity contribution in [3.63, 3.8) is 0 Å². The predicted octanol–water partition coefficient (Wildman–Crippen LogP) is 0.587.